The maximum Gasteiger partial charge on any atom is 0.434 e. The summed E-state index contributed by atoms with van der Waals surface area (Å²) in [7, 11) is 0. The summed E-state index contributed by atoms with van der Waals surface area (Å²) in [5.74, 6) is 0.427. The summed E-state index contributed by atoms with van der Waals surface area (Å²) in [4.78, 5) is 10.6. The highest BCUT2D eigenvalue weighted by molar-refractivity contribution is 5.50. The molecule has 0 radical (unpaired) electrons. The minimum absolute atomic E-state index is 0.247. The molecule has 0 unspecified atom stereocenters. The minimum atomic E-state index is -0.566. The zero-order chi connectivity index (χ0) is 8.55. The number of aromatic nitrogens is 2. The summed E-state index contributed by atoms with van der Waals surface area (Å²) in [5, 5.41) is 5.80. The number of hydrogen-bond acceptors (Lipinski definition) is 4. The van der Waals surface area contributed by atoms with E-state index in [9.17, 15) is 4.79 Å². The van der Waals surface area contributed by atoms with Gasteiger partial charge in [-0.2, -0.15) is 0 Å². The second kappa shape index (κ2) is 2.37. The zero-order valence-electron chi connectivity index (χ0n) is 6.33. The molecule has 0 amide bonds. The first-order chi connectivity index (χ1) is 5.75. The van der Waals surface area contributed by atoms with Gasteiger partial charge in [0.2, 0.25) is 0 Å². The van der Waals surface area contributed by atoms with Crippen molar-refractivity contribution in [3.05, 3.63) is 28.6 Å². The third kappa shape index (κ3) is 1.05. The van der Waals surface area contributed by atoms with Crippen LogP contribution in [0.25, 0.3) is 11.5 Å². The van der Waals surface area contributed by atoms with Crippen molar-refractivity contribution in [2.75, 3.05) is 0 Å². The van der Waals surface area contributed by atoms with Gasteiger partial charge >= 0.3 is 5.76 Å². The van der Waals surface area contributed by atoms with Crippen LogP contribution in [-0.4, -0.2) is 10.2 Å². The summed E-state index contributed by atoms with van der Waals surface area (Å²) in [6, 6.07) is 1.74. The van der Waals surface area contributed by atoms with Crippen molar-refractivity contribution in [2.45, 2.75) is 6.92 Å². The van der Waals surface area contributed by atoms with Gasteiger partial charge in [-0.1, -0.05) is 0 Å². The SMILES string of the molecule is Cc1cc(-c2n[nH]c(=O)o2)co1. The van der Waals surface area contributed by atoms with Gasteiger partial charge < -0.3 is 8.83 Å². The summed E-state index contributed by atoms with van der Waals surface area (Å²) in [6.07, 6.45) is 1.48. The molecule has 0 aliphatic heterocycles. The van der Waals surface area contributed by atoms with E-state index in [0.29, 0.717) is 5.56 Å². The van der Waals surface area contributed by atoms with Crippen LogP contribution >= 0.6 is 0 Å². The van der Waals surface area contributed by atoms with Crippen molar-refractivity contribution in [1.82, 2.24) is 10.2 Å². The normalized spacial score (nSPS) is 10.4. The van der Waals surface area contributed by atoms with E-state index >= 15 is 0 Å². The molecule has 0 atom stereocenters. The highest BCUT2D eigenvalue weighted by Gasteiger charge is 2.06. The number of rotatable bonds is 1. The summed E-state index contributed by atoms with van der Waals surface area (Å²) in [5.41, 5.74) is 0.658. The fraction of sp³-hybridized carbons (Fsp3) is 0.143. The topological polar surface area (TPSA) is 72.0 Å². The molecular weight excluding hydrogens is 160 g/mol. The van der Waals surface area contributed by atoms with Crippen LogP contribution in [-0.2, 0) is 0 Å². The van der Waals surface area contributed by atoms with E-state index in [4.69, 9.17) is 8.83 Å². The fourth-order valence-electron chi connectivity index (χ4n) is 0.909. The average molecular weight is 166 g/mol. The van der Waals surface area contributed by atoms with Crippen molar-refractivity contribution in [3.63, 3.8) is 0 Å². The van der Waals surface area contributed by atoms with Gasteiger partial charge in [-0.15, -0.1) is 5.10 Å². The molecule has 2 heterocycles. The first kappa shape index (κ1) is 6.90. The molecule has 0 fully saturated rings. The van der Waals surface area contributed by atoms with Gasteiger partial charge in [-0.3, -0.25) is 0 Å². The van der Waals surface area contributed by atoms with Crippen molar-refractivity contribution in [3.8, 4) is 11.5 Å². The molecule has 12 heavy (non-hydrogen) atoms. The van der Waals surface area contributed by atoms with Gasteiger partial charge in [-0.05, 0) is 13.0 Å². The van der Waals surface area contributed by atoms with Crippen molar-refractivity contribution >= 4 is 0 Å². The van der Waals surface area contributed by atoms with Crippen LogP contribution in [0.1, 0.15) is 5.76 Å². The number of aryl methyl sites for hydroxylation is 1. The van der Waals surface area contributed by atoms with Crippen LogP contribution in [0.2, 0.25) is 0 Å². The molecule has 0 saturated carbocycles. The van der Waals surface area contributed by atoms with E-state index in [1.165, 1.54) is 6.26 Å². The van der Waals surface area contributed by atoms with E-state index in [1.54, 1.807) is 13.0 Å². The summed E-state index contributed by atoms with van der Waals surface area (Å²) >= 11 is 0. The Balaban J connectivity index is 2.50. The lowest BCUT2D eigenvalue weighted by molar-refractivity contribution is 0.519. The molecule has 0 spiro atoms. The van der Waals surface area contributed by atoms with Crippen molar-refractivity contribution in [1.29, 1.82) is 0 Å². The molecule has 2 rings (SSSR count). The Morgan fingerprint density at radius 3 is 2.92 bits per heavy atom. The second-order valence-electron chi connectivity index (χ2n) is 2.36. The molecule has 62 valence electrons. The van der Waals surface area contributed by atoms with E-state index in [1.807, 2.05) is 0 Å². The molecule has 0 saturated heterocycles. The van der Waals surface area contributed by atoms with Crippen LogP contribution < -0.4 is 5.76 Å². The lowest BCUT2D eigenvalue weighted by Crippen LogP contribution is -1.93. The van der Waals surface area contributed by atoms with Gasteiger partial charge in [0, 0.05) is 0 Å². The summed E-state index contributed by atoms with van der Waals surface area (Å²) < 4.78 is 9.71. The number of aromatic amines is 1. The second-order valence-corrected chi connectivity index (χ2v) is 2.36. The maximum absolute atomic E-state index is 10.6. The van der Waals surface area contributed by atoms with Gasteiger partial charge in [0.15, 0.2) is 0 Å². The maximum atomic E-state index is 10.6. The number of hydrogen-bond donors (Lipinski definition) is 1. The Bertz CT molecular complexity index is 437. The Labute approximate surface area is 67.0 Å². The average Bonchev–Trinajstić information content (AvgIpc) is 2.58. The number of furan rings is 1. The van der Waals surface area contributed by atoms with Gasteiger partial charge in [0.1, 0.15) is 12.0 Å². The quantitative estimate of drug-likeness (QED) is 0.684. The molecular formula is C7H6N2O3. The Morgan fingerprint density at radius 1 is 1.58 bits per heavy atom. The van der Waals surface area contributed by atoms with Gasteiger partial charge in [0.05, 0.1) is 5.56 Å². The molecule has 0 aliphatic rings. The van der Waals surface area contributed by atoms with Crippen molar-refractivity contribution < 1.29 is 8.83 Å². The van der Waals surface area contributed by atoms with E-state index in [0.717, 1.165) is 5.76 Å². The number of nitrogens with one attached hydrogen (secondary N) is 1. The standard InChI is InChI=1S/C7H6N2O3/c1-4-2-5(3-11-4)6-8-9-7(10)12-6/h2-3H,1H3,(H,9,10). The molecule has 2 aromatic heterocycles. The van der Waals surface area contributed by atoms with E-state index in [2.05, 4.69) is 10.2 Å². The van der Waals surface area contributed by atoms with Crippen LogP contribution in [0, 0.1) is 6.92 Å². The van der Waals surface area contributed by atoms with Gasteiger partial charge in [-0.25, -0.2) is 9.89 Å². The van der Waals surface area contributed by atoms with E-state index in [-0.39, 0.29) is 5.89 Å². The first-order valence-corrected chi connectivity index (χ1v) is 3.37. The number of nitrogens with zero attached hydrogens (tertiary/aromatic N) is 1. The van der Waals surface area contributed by atoms with Crippen molar-refractivity contribution in [2.24, 2.45) is 0 Å². The lowest BCUT2D eigenvalue weighted by Gasteiger charge is -1.80. The highest BCUT2D eigenvalue weighted by Crippen LogP contribution is 2.17. The molecule has 0 aliphatic carbocycles. The monoisotopic (exact) mass is 166 g/mol. The molecule has 5 nitrogen and oxygen atoms in total. The summed E-state index contributed by atoms with van der Waals surface area (Å²) in [6.45, 7) is 1.80. The molecule has 0 bridgehead atoms. The third-order valence-corrected chi connectivity index (χ3v) is 1.42. The fourth-order valence-corrected chi connectivity index (χ4v) is 0.909. The highest BCUT2D eigenvalue weighted by atomic mass is 16.4. The number of H-pyrrole nitrogens is 1. The van der Waals surface area contributed by atoms with Gasteiger partial charge in [0.25, 0.3) is 5.89 Å². The molecule has 1 N–H and O–H groups in total. The van der Waals surface area contributed by atoms with Crippen LogP contribution in [0.3, 0.4) is 0 Å². The first-order valence-electron chi connectivity index (χ1n) is 3.37. The molecule has 2 aromatic rings. The zero-order valence-corrected chi connectivity index (χ0v) is 6.33. The van der Waals surface area contributed by atoms with Crippen LogP contribution in [0.15, 0.2) is 26.0 Å². The lowest BCUT2D eigenvalue weighted by atomic mass is 10.3. The Kier molecular flexibility index (Phi) is 1.36. The van der Waals surface area contributed by atoms with Crippen LogP contribution in [0.4, 0.5) is 0 Å². The Morgan fingerprint density at radius 2 is 2.42 bits per heavy atom. The predicted octanol–water partition coefficient (Wildman–Crippen LogP) is 0.931. The predicted molar refractivity (Wildman–Crippen MR) is 39.6 cm³/mol. The minimum Gasteiger partial charge on any atom is -0.469 e. The Hall–Kier alpha value is -1.78. The molecule has 5 heteroatoms. The largest absolute Gasteiger partial charge is 0.469 e. The molecule has 0 aromatic carbocycles. The van der Waals surface area contributed by atoms with Crippen LogP contribution in [0.5, 0.6) is 0 Å². The smallest absolute Gasteiger partial charge is 0.434 e. The third-order valence-electron chi connectivity index (χ3n) is 1.42. The van der Waals surface area contributed by atoms with E-state index < -0.39 is 5.76 Å².